The molecule has 1 aromatic heterocycles. The van der Waals surface area contributed by atoms with Crippen LogP contribution in [0.3, 0.4) is 0 Å². The van der Waals surface area contributed by atoms with Crippen LogP contribution < -0.4 is 11.1 Å². The number of carbonyl (C=O) groups is 1. The van der Waals surface area contributed by atoms with Gasteiger partial charge in [0.2, 0.25) is 5.91 Å². The van der Waals surface area contributed by atoms with Crippen molar-refractivity contribution in [1.29, 1.82) is 0 Å². The van der Waals surface area contributed by atoms with Crippen LogP contribution in [0.2, 0.25) is 0 Å². The van der Waals surface area contributed by atoms with Crippen LogP contribution in [0, 0.1) is 5.92 Å². The summed E-state index contributed by atoms with van der Waals surface area (Å²) >= 11 is 1.78. The summed E-state index contributed by atoms with van der Waals surface area (Å²) in [5.41, 5.74) is 5.56. The van der Waals surface area contributed by atoms with Crippen LogP contribution >= 0.6 is 11.3 Å². The molecular formula is C15H26N2OS. The number of carbonyl (C=O) groups excluding carboxylic acids is 1. The van der Waals surface area contributed by atoms with Gasteiger partial charge in [-0.05, 0) is 43.9 Å². The average molecular weight is 282 g/mol. The highest BCUT2D eigenvalue weighted by Gasteiger charge is 2.09. The molecule has 0 aliphatic heterocycles. The molecule has 19 heavy (non-hydrogen) atoms. The second-order valence-electron chi connectivity index (χ2n) is 4.89. The Kier molecular flexibility index (Phi) is 7.75. The van der Waals surface area contributed by atoms with Gasteiger partial charge in [0.05, 0.1) is 6.54 Å². The summed E-state index contributed by atoms with van der Waals surface area (Å²) in [7, 11) is 0. The minimum absolute atomic E-state index is 0.155. The van der Waals surface area contributed by atoms with E-state index >= 15 is 0 Å². The summed E-state index contributed by atoms with van der Waals surface area (Å²) in [6.07, 6.45) is 4.76. The highest BCUT2D eigenvalue weighted by Crippen LogP contribution is 2.17. The van der Waals surface area contributed by atoms with Gasteiger partial charge >= 0.3 is 0 Å². The lowest BCUT2D eigenvalue weighted by atomic mass is 9.96. The minimum atomic E-state index is 0.155. The van der Waals surface area contributed by atoms with Crippen molar-refractivity contribution in [1.82, 2.24) is 5.32 Å². The Balaban J connectivity index is 2.23. The number of aryl methyl sites for hydroxylation is 1. The average Bonchev–Trinajstić information content (AvgIpc) is 2.89. The molecule has 3 N–H and O–H groups in total. The first-order valence-corrected chi connectivity index (χ1v) is 8.05. The molecule has 1 heterocycles. The summed E-state index contributed by atoms with van der Waals surface area (Å²) in [6.45, 7) is 5.69. The summed E-state index contributed by atoms with van der Waals surface area (Å²) in [5.74, 6) is 0.742. The number of amides is 1. The smallest absolute Gasteiger partial charge is 0.220 e. The molecule has 0 radical (unpaired) electrons. The molecule has 1 atom stereocenters. The first kappa shape index (κ1) is 16.2. The van der Waals surface area contributed by atoms with Gasteiger partial charge < -0.3 is 11.1 Å². The molecule has 1 aromatic rings. The maximum absolute atomic E-state index is 11.8. The molecule has 0 aromatic carbocycles. The van der Waals surface area contributed by atoms with Crippen molar-refractivity contribution in [2.45, 2.75) is 52.5 Å². The van der Waals surface area contributed by atoms with Gasteiger partial charge in [0, 0.05) is 16.2 Å². The van der Waals surface area contributed by atoms with Crippen molar-refractivity contribution in [2.75, 3.05) is 6.54 Å². The van der Waals surface area contributed by atoms with E-state index in [9.17, 15) is 4.79 Å². The number of rotatable bonds is 9. The summed E-state index contributed by atoms with van der Waals surface area (Å²) in [4.78, 5) is 14.4. The zero-order chi connectivity index (χ0) is 14.1. The van der Waals surface area contributed by atoms with Crippen molar-refractivity contribution in [3.8, 4) is 0 Å². The fraction of sp³-hybridized carbons (Fsp3) is 0.667. The maximum atomic E-state index is 11.8. The Morgan fingerprint density at radius 1 is 1.32 bits per heavy atom. The Hall–Kier alpha value is -0.870. The topological polar surface area (TPSA) is 55.1 Å². The first-order chi connectivity index (χ1) is 9.19. The lowest BCUT2D eigenvalue weighted by Crippen LogP contribution is -2.23. The molecule has 108 valence electrons. The Bertz CT molecular complexity index is 376. The van der Waals surface area contributed by atoms with Gasteiger partial charge in [-0.1, -0.05) is 20.3 Å². The molecule has 1 amide bonds. The zero-order valence-corrected chi connectivity index (χ0v) is 12.9. The molecular weight excluding hydrogens is 256 g/mol. The number of thiophene rings is 1. The molecule has 0 spiro atoms. The largest absolute Gasteiger partial charge is 0.351 e. The summed E-state index contributed by atoms with van der Waals surface area (Å²) in [5, 5.41) is 3.00. The normalized spacial score (nSPS) is 12.4. The molecule has 0 fully saturated rings. The number of hydrogen-bond acceptors (Lipinski definition) is 3. The van der Waals surface area contributed by atoms with Crippen LogP contribution in [0.4, 0.5) is 0 Å². The first-order valence-electron chi connectivity index (χ1n) is 7.23. The SMILES string of the molecule is CCc1ccc(CNC(=O)CCC(CC)CCN)s1. The van der Waals surface area contributed by atoms with E-state index in [1.165, 1.54) is 9.75 Å². The molecule has 4 heteroatoms. The summed E-state index contributed by atoms with van der Waals surface area (Å²) in [6, 6.07) is 4.24. The van der Waals surface area contributed by atoms with Crippen molar-refractivity contribution < 1.29 is 4.79 Å². The van der Waals surface area contributed by atoms with Gasteiger partial charge in [-0.2, -0.15) is 0 Å². The molecule has 1 rings (SSSR count). The predicted molar refractivity (Wildman–Crippen MR) is 82.2 cm³/mol. The minimum Gasteiger partial charge on any atom is -0.351 e. The van der Waals surface area contributed by atoms with Crippen molar-refractivity contribution in [3.63, 3.8) is 0 Å². The second kappa shape index (κ2) is 9.10. The maximum Gasteiger partial charge on any atom is 0.220 e. The van der Waals surface area contributed by atoms with E-state index in [1.807, 2.05) is 0 Å². The van der Waals surface area contributed by atoms with Crippen LogP contribution in [0.5, 0.6) is 0 Å². The quantitative estimate of drug-likeness (QED) is 0.731. The molecule has 3 nitrogen and oxygen atoms in total. The Labute approximate surface area is 120 Å². The van der Waals surface area contributed by atoms with E-state index in [1.54, 1.807) is 11.3 Å². The van der Waals surface area contributed by atoms with Gasteiger partial charge in [0.25, 0.3) is 0 Å². The number of nitrogens with two attached hydrogens (primary N) is 1. The van der Waals surface area contributed by atoms with Crippen molar-refractivity contribution >= 4 is 17.2 Å². The van der Waals surface area contributed by atoms with Gasteiger partial charge in [0.1, 0.15) is 0 Å². The van der Waals surface area contributed by atoms with Gasteiger partial charge in [-0.3, -0.25) is 4.79 Å². The molecule has 1 unspecified atom stereocenters. The van der Waals surface area contributed by atoms with Crippen LogP contribution in [0.25, 0.3) is 0 Å². The van der Waals surface area contributed by atoms with Crippen LogP contribution in [0.15, 0.2) is 12.1 Å². The molecule has 0 bridgehead atoms. The van der Waals surface area contributed by atoms with E-state index in [4.69, 9.17) is 5.73 Å². The van der Waals surface area contributed by atoms with Gasteiger partial charge in [0.15, 0.2) is 0 Å². The lowest BCUT2D eigenvalue weighted by molar-refractivity contribution is -0.121. The standard InChI is InChI=1S/C15H26N2OS/c1-3-12(9-10-16)5-8-15(18)17-11-14-7-6-13(4-2)19-14/h6-7,12H,3-5,8-11,16H2,1-2H3,(H,17,18). The predicted octanol–water partition coefficient (Wildman–Crippen LogP) is 3.08. The fourth-order valence-corrected chi connectivity index (χ4v) is 3.00. The third kappa shape index (κ3) is 6.21. The van der Waals surface area contributed by atoms with Crippen molar-refractivity contribution in [2.24, 2.45) is 11.7 Å². The van der Waals surface area contributed by atoms with E-state index in [0.29, 0.717) is 18.9 Å². The van der Waals surface area contributed by atoms with Gasteiger partial charge in [-0.25, -0.2) is 0 Å². The molecule has 0 saturated heterocycles. The van der Waals surface area contributed by atoms with Crippen LogP contribution in [-0.2, 0) is 17.8 Å². The third-order valence-corrected chi connectivity index (χ3v) is 4.69. The monoisotopic (exact) mass is 282 g/mol. The Morgan fingerprint density at radius 3 is 2.63 bits per heavy atom. The van der Waals surface area contributed by atoms with E-state index in [2.05, 4.69) is 31.3 Å². The summed E-state index contributed by atoms with van der Waals surface area (Å²) < 4.78 is 0. The molecule has 0 aliphatic carbocycles. The zero-order valence-electron chi connectivity index (χ0n) is 12.1. The van der Waals surface area contributed by atoms with E-state index < -0.39 is 0 Å². The number of nitrogens with one attached hydrogen (secondary N) is 1. The van der Waals surface area contributed by atoms with Crippen LogP contribution in [0.1, 0.15) is 49.3 Å². The third-order valence-electron chi connectivity index (χ3n) is 3.46. The molecule has 0 saturated carbocycles. The molecule has 0 aliphatic rings. The van der Waals surface area contributed by atoms with Gasteiger partial charge in [-0.15, -0.1) is 11.3 Å². The van der Waals surface area contributed by atoms with E-state index in [0.717, 1.165) is 32.2 Å². The lowest BCUT2D eigenvalue weighted by Gasteiger charge is -2.12. The second-order valence-corrected chi connectivity index (χ2v) is 6.14. The van der Waals surface area contributed by atoms with Crippen LogP contribution in [-0.4, -0.2) is 12.5 Å². The fourth-order valence-electron chi connectivity index (χ4n) is 2.10. The van der Waals surface area contributed by atoms with Crippen molar-refractivity contribution in [3.05, 3.63) is 21.9 Å². The number of hydrogen-bond donors (Lipinski definition) is 2. The Morgan fingerprint density at radius 2 is 2.05 bits per heavy atom. The van der Waals surface area contributed by atoms with E-state index in [-0.39, 0.29) is 5.91 Å². The highest BCUT2D eigenvalue weighted by atomic mass is 32.1. The highest BCUT2D eigenvalue weighted by molar-refractivity contribution is 7.11.